The van der Waals surface area contributed by atoms with Crippen LogP contribution in [0.1, 0.15) is 25.0 Å². The van der Waals surface area contributed by atoms with Crippen LogP contribution >= 0.6 is 23.5 Å². The van der Waals surface area contributed by atoms with E-state index >= 15 is 0 Å². The molecule has 2 unspecified atom stereocenters. The molecule has 3 aromatic rings. The number of aliphatic carboxylic acids is 2. The molecule has 0 amide bonds. The van der Waals surface area contributed by atoms with Crippen molar-refractivity contribution in [1.82, 2.24) is 4.98 Å². The van der Waals surface area contributed by atoms with E-state index in [2.05, 4.69) is 9.80 Å². The maximum atomic E-state index is 11.3. The molecule has 0 aliphatic heterocycles. The van der Waals surface area contributed by atoms with E-state index in [9.17, 15) is 19.8 Å². The first kappa shape index (κ1) is 35.2. The zero-order chi connectivity index (χ0) is 31.9. The van der Waals surface area contributed by atoms with Gasteiger partial charge in [-0.2, -0.15) is 0 Å². The minimum absolute atomic E-state index is 0.352. The average molecular weight is 642 g/mol. The molecule has 238 valence electrons. The molecule has 0 saturated carbocycles. The highest BCUT2D eigenvalue weighted by molar-refractivity contribution is 7.99. The van der Waals surface area contributed by atoms with Crippen LogP contribution in [0, 0.1) is 0 Å². The van der Waals surface area contributed by atoms with Crippen LogP contribution in [-0.4, -0.2) is 91.2 Å². The van der Waals surface area contributed by atoms with Gasteiger partial charge in [-0.15, -0.1) is 23.5 Å². The predicted molar refractivity (Wildman–Crippen MR) is 179 cm³/mol. The molecule has 0 aliphatic rings. The van der Waals surface area contributed by atoms with E-state index in [-0.39, 0.29) is 0 Å². The molecule has 11 heteroatoms. The second-order valence-corrected chi connectivity index (χ2v) is 12.5. The van der Waals surface area contributed by atoms with E-state index in [0.29, 0.717) is 26.1 Å². The van der Waals surface area contributed by atoms with Gasteiger partial charge >= 0.3 is 11.9 Å². The molecule has 2 atom stereocenters. The Kier molecular flexibility index (Phi) is 14.8. The van der Waals surface area contributed by atoms with Crippen LogP contribution in [0.4, 0.5) is 11.6 Å². The van der Waals surface area contributed by atoms with Gasteiger partial charge in [0.15, 0.2) is 12.2 Å². The number of carbonyl (C=O) groups is 2. The summed E-state index contributed by atoms with van der Waals surface area (Å²) in [4.78, 5) is 34.1. The number of rotatable bonds is 20. The van der Waals surface area contributed by atoms with E-state index in [1.807, 2.05) is 80.8 Å². The van der Waals surface area contributed by atoms with Gasteiger partial charge in [0.2, 0.25) is 0 Å². The summed E-state index contributed by atoms with van der Waals surface area (Å²) in [5, 5.41) is 18.6. The molecule has 2 aromatic carbocycles. The first-order valence-electron chi connectivity index (χ1n) is 14.7. The normalized spacial score (nSPS) is 12.5. The molecule has 1 heterocycles. The monoisotopic (exact) mass is 641 g/mol. The van der Waals surface area contributed by atoms with Crippen LogP contribution in [-0.2, 0) is 31.9 Å². The average Bonchev–Trinajstić information content (AvgIpc) is 3.02. The molecule has 0 radical (unpaired) electrons. The highest BCUT2D eigenvalue weighted by Crippen LogP contribution is 2.23. The maximum absolute atomic E-state index is 11.3. The number of anilines is 2. The fourth-order valence-electron chi connectivity index (χ4n) is 4.38. The fraction of sp³-hybridized carbons (Fsp3) is 0.424. The third-order valence-corrected chi connectivity index (χ3v) is 8.85. The Morgan fingerprint density at radius 2 is 1.09 bits per heavy atom. The van der Waals surface area contributed by atoms with E-state index in [4.69, 9.17) is 14.5 Å². The Labute approximate surface area is 269 Å². The number of carboxylic acids is 2. The molecule has 0 aliphatic carbocycles. The van der Waals surface area contributed by atoms with Gasteiger partial charge in [-0.3, -0.25) is 0 Å². The predicted octanol–water partition coefficient (Wildman–Crippen LogP) is 5.60. The standard InChI is InChI=1S/C33H43N3O6S2/c1-5-41-28(32(37)38)22-24-10-14-26(15-11-24)43-20-18-35(3)30-8-7-9-31(34-30)36(4)19-21-44-27-16-12-25(13-17-27)23-29(33(39)40)42-6-2/h7-17,28-29H,5-6,18-23H2,1-4H3,(H,37,38)(H,39,40). The van der Waals surface area contributed by atoms with Crippen LogP contribution in [0.25, 0.3) is 0 Å². The summed E-state index contributed by atoms with van der Waals surface area (Å²) in [5.41, 5.74) is 1.88. The van der Waals surface area contributed by atoms with Gasteiger partial charge in [0.05, 0.1) is 0 Å². The van der Waals surface area contributed by atoms with Crippen molar-refractivity contribution in [2.45, 2.75) is 48.7 Å². The van der Waals surface area contributed by atoms with Gasteiger partial charge in [-0.05, 0) is 61.4 Å². The highest BCUT2D eigenvalue weighted by atomic mass is 32.2. The molecule has 0 bridgehead atoms. The minimum atomic E-state index is -0.939. The third kappa shape index (κ3) is 11.7. The number of benzene rings is 2. The summed E-state index contributed by atoms with van der Waals surface area (Å²) in [7, 11) is 4.09. The molecule has 44 heavy (non-hydrogen) atoms. The van der Waals surface area contributed by atoms with E-state index in [0.717, 1.165) is 57.1 Å². The lowest BCUT2D eigenvalue weighted by Gasteiger charge is -2.22. The van der Waals surface area contributed by atoms with Gasteiger partial charge < -0.3 is 29.5 Å². The lowest BCUT2D eigenvalue weighted by atomic mass is 10.1. The van der Waals surface area contributed by atoms with Crippen molar-refractivity contribution in [3.05, 3.63) is 77.9 Å². The van der Waals surface area contributed by atoms with Crippen molar-refractivity contribution in [2.75, 3.05) is 61.7 Å². The summed E-state index contributed by atoms with van der Waals surface area (Å²) in [5.74, 6) is 1.71. The van der Waals surface area contributed by atoms with Gasteiger partial charge in [0, 0.05) is 74.5 Å². The lowest BCUT2D eigenvalue weighted by Crippen LogP contribution is -2.26. The van der Waals surface area contributed by atoms with E-state index in [1.54, 1.807) is 37.4 Å². The number of nitrogens with zero attached hydrogens (tertiary/aromatic N) is 3. The summed E-state index contributed by atoms with van der Waals surface area (Å²) in [6, 6.07) is 22.1. The van der Waals surface area contributed by atoms with Crippen molar-refractivity contribution < 1.29 is 29.3 Å². The van der Waals surface area contributed by atoms with Crippen molar-refractivity contribution >= 4 is 47.1 Å². The Hall–Kier alpha value is -3.25. The Morgan fingerprint density at radius 3 is 1.43 bits per heavy atom. The van der Waals surface area contributed by atoms with Gasteiger partial charge in [-0.1, -0.05) is 30.3 Å². The number of pyridine rings is 1. The topological polar surface area (TPSA) is 112 Å². The lowest BCUT2D eigenvalue weighted by molar-refractivity contribution is -0.150. The molecule has 0 saturated heterocycles. The van der Waals surface area contributed by atoms with Crippen LogP contribution < -0.4 is 9.80 Å². The van der Waals surface area contributed by atoms with Gasteiger partial charge in [0.25, 0.3) is 0 Å². The van der Waals surface area contributed by atoms with Crippen molar-refractivity contribution in [1.29, 1.82) is 0 Å². The van der Waals surface area contributed by atoms with E-state index in [1.165, 1.54) is 0 Å². The van der Waals surface area contributed by atoms with Crippen LogP contribution in [0.2, 0.25) is 0 Å². The molecule has 2 N–H and O–H groups in total. The molecule has 1 aromatic heterocycles. The maximum Gasteiger partial charge on any atom is 0.333 e. The molecule has 0 spiro atoms. The van der Waals surface area contributed by atoms with Crippen LogP contribution in [0.3, 0.4) is 0 Å². The summed E-state index contributed by atoms with van der Waals surface area (Å²) in [6.45, 7) is 5.98. The first-order chi connectivity index (χ1) is 21.2. The van der Waals surface area contributed by atoms with Crippen LogP contribution in [0.5, 0.6) is 0 Å². The third-order valence-electron chi connectivity index (χ3n) is 6.87. The van der Waals surface area contributed by atoms with Crippen LogP contribution in [0.15, 0.2) is 76.5 Å². The molecular weight excluding hydrogens is 599 g/mol. The second kappa shape index (κ2) is 18.5. The Bertz CT molecular complexity index is 1210. The minimum Gasteiger partial charge on any atom is -0.479 e. The summed E-state index contributed by atoms with van der Waals surface area (Å²) < 4.78 is 10.6. The molecule has 9 nitrogen and oxygen atoms in total. The number of hydrogen-bond acceptors (Lipinski definition) is 9. The highest BCUT2D eigenvalue weighted by Gasteiger charge is 2.19. The molecular formula is C33H43N3O6S2. The molecule has 3 rings (SSSR count). The van der Waals surface area contributed by atoms with Crippen molar-refractivity contribution in [3.8, 4) is 0 Å². The number of carboxylic acid groups (broad SMARTS) is 2. The van der Waals surface area contributed by atoms with Gasteiger partial charge in [0.1, 0.15) is 11.6 Å². The Morgan fingerprint density at radius 1 is 0.705 bits per heavy atom. The summed E-state index contributed by atoms with van der Waals surface area (Å²) >= 11 is 3.50. The molecule has 0 fully saturated rings. The Balaban J connectivity index is 1.43. The number of ether oxygens (including phenoxy) is 2. The zero-order valence-corrected chi connectivity index (χ0v) is 27.5. The second-order valence-electron chi connectivity index (χ2n) is 10.2. The SMILES string of the molecule is CCOC(Cc1ccc(SCCN(C)c2cccc(N(C)CCSc3ccc(CC(OCC)C(=O)O)cc3)n2)cc1)C(=O)O. The summed E-state index contributed by atoms with van der Waals surface area (Å²) in [6.07, 6.45) is -0.937. The number of hydrogen-bond donors (Lipinski definition) is 2. The zero-order valence-electron chi connectivity index (χ0n) is 25.8. The van der Waals surface area contributed by atoms with Gasteiger partial charge in [-0.25, -0.2) is 14.6 Å². The van der Waals surface area contributed by atoms with Crippen molar-refractivity contribution in [2.24, 2.45) is 0 Å². The number of thioether (sulfide) groups is 2. The van der Waals surface area contributed by atoms with Crippen molar-refractivity contribution in [3.63, 3.8) is 0 Å². The smallest absolute Gasteiger partial charge is 0.333 e. The van der Waals surface area contributed by atoms with E-state index < -0.39 is 24.1 Å². The fourth-order valence-corrected chi connectivity index (χ4v) is 6.24. The largest absolute Gasteiger partial charge is 0.479 e. The first-order valence-corrected chi connectivity index (χ1v) is 16.7. The quantitative estimate of drug-likeness (QED) is 0.150. The number of aromatic nitrogens is 1.